The van der Waals surface area contributed by atoms with Crippen molar-refractivity contribution in [1.29, 1.82) is 0 Å². The van der Waals surface area contributed by atoms with Crippen LogP contribution in [0.2, 0.25) is 0 Å². The van der Waals surface area contributed by atoms with Crippen LogP contribution in [0.3, 0.4) is 0 Å². The number of primary amides is 1. The molecule has 1 aliphatic heterocycles. The smallest absolute Gasteiger partial charge is 0.494 e. The van der Waals surface area contributed by atoms with Gasteiger partial charge in [0.25, 0.3) is 0 Å². The van der Waals surface area contributed by atoms with Crippen molar-refractivity contribution in [1.82, 2.24) is 4.90 Å². The topological polar surface area (TPSA) is 55.4 Å². The minimum Gasteiger partial charge on any atom is -0.494 e. The Morgan fingerprint density at radius 3 is 2.55 bits per heavy atom. The molecule has 2 rings (SSSR count). The fourth-order valence-electron chi connectivity index (χ4n) is 2.74. The predicted octanol–water partition coefficient (Wildman–Crippen LogP) is 2.29. The van der Waals surface area contributed by atoms with Gasteiger partial charge in [-0.05, 0) is 51.9 Å². The van der Waals surface area contributed by atoms with Gasteiger partial charge in [-0.2, -0.15) is 4.79 Å². The highest BCUT2D eigenvalue weighted by Crippen LogP contribution is 2.12. The number of nitrogens with two attached hydrogens (primary N) is 1. The van der Waals surface area contributed by atoms with E-state index >= 15 is 0 Å². The maximum atomic E-state index is 11.9. The number of amides is 1. The Bertz CT molecular complexity index is 455. The molecule has 1 atom stereocenters. The van der Waals surface area contributed by atoms with Crippen LogP contribution in [0.5, 0.6) is 5.75 Å². The number of ether oxygens (including phenoxy) is 2. The highest BCUT2D eigenvalue weighted by molar-refractivity contribution is 5.59. The van der Waals surface area contributed by atoms with Gasteiger partial charge in [0.15, 0.2) is 0 Å². The summed E-state index contributed by atoms with van der Waals surface area (Å²) in [4.78, 5) is 14.3. The van der Waals surface area contributed by atoms with Crippen LogP contribution in [-0.4, -0.2) is 43.3 Å². The molecule has 0 aliphatic carbocycles. The summed E-state index contributed by atoms with van der Waals surface area (Å²) in [5, 5.41) is 1.53. The van der Waals surface area contributed by atoms with E-state index in [1.54, 1.807) is 0 Å². The summed E-state index contributed by atoms with van der Waals surface area (Å²) in [6.45, 7) is 7.59. The highest BCUT2D eigenvalue weighted by atomic mass is 16.6. The molecule has 1 aliphatic rings. The second-order valence-electron chi connectivity index (χ2n) is 5.76. The average molecular weight is 307 g/mol. The molecular formula is C17H27N2O3+. The lowest BCUT2D eigenvalue weighted by atomic mass is 10.1. The van der Waals surface area contributed by atoms with Gasteiger partial charge in [-0.3, -0.25) is 4.90 Å². The molecule has 2 N–H and O–H groups in total. The van der Waals surface area contributed by atoms with Gasteiger partial charge in [0, 0.05) is 18.7 Å². The molecule has 0 aromatic heterocycles. The first kappa shape index (κ1) is 16.8. The Hall–Kier alpha value is -1.59. The monoisotopic (exact) mass is 307 g/mol. The van der Waals surface area contributed by atoms with Crippen molar-refractivity contribution >= 4 is 11.8 Å². The van der Waals surface area contributed by atoms with Crippen LogP contribution < -0.4 is 10.1 Å². The maximum absolute atomic E-state index is 11.9. The summed E-state index contributed by atoms with van der Waals surface area (Å²) in [6.07, 6.45) is 3.45. The Morgan fingerprint density at radius 1 is 1.23 bits per heavy atom. The van der Waals surface area contributed by atoms with Crippen molar-refractivity contribution in [2.45, 2.75) is 39.2 Å². The molecule has 1 heterocycles. The number of carbonyl (C=O) groups excluding carboxylic acids is 1. The van der Waals surface area contributed by atoms with Crippen LogP contribution >= 0.6 is 0 Å². The summed E-state index contributed by atoms with van der Waals surface area (Å²) in [5.74, 6) is 0.812. The Labute approximate surface area is 132 Å². The van der Waals surface area contributed by atoms with Crippen molar-refractivity contribution in [2.24, 2.45) is 0 Å². The third kappa shape index (κ3) is 5.66. The number of piperidine rings is 1. The molecule has 122 valence electrons. The van der Waals surface area contributed by atoms with E-state index in [4.69, 9.17) is 9.47 Å². The van der Waals surface area contributed by atoms with Gasteiger partial charge < -0.3 is 9.47 Å². The predicted molar refractivity (Wildman–Crippen MR) is 85.4 cm³/mol. The van der Waals surface area contributed by atoms with Crippen LogP contribution in [0.4, 0.5) is 10.5 Å². The first-order chi connectivity index (χ1) is 10.7. The first-order valence-corrected chi connectivity index (χ1v) is 8.18. The van der Waals surface area contributed by atoms with Gasteiger partial charge in [0.05, 0.1) is 6.61 Å². The lowest BCUT2D eigenvalue weighted by molar-refractivity contribution is -0.484. The first-order valence-electron chi connectivity index (χ1n) is 8.18. The maximum Gasteiger partial charge on any atom is 0.518 e. The molecular weight excluding hydrogens is 280 g/mol. The molecule has 5 heteroatoms. The fraction of sp³-hybridized carbons (Fsp3) is 0.588. The van der Waals surface area contributed by atoms with E-state index in [1.807, 2.05) is 38.1 Å². The van der Waals surface area contributed by atoms with E-state index in [1.165, 1.54) is 24.6 Å². The van der Waals surface area contributed by atoms with Crippen LogP contribution in [0, 0.1) is 0 Å². The van der Waals surface area contributed by atoms with Crippen molar-refractivity contribution in [2.75, 3.05) is 26.2 Å². The van der Waals surface area contributed by atoms with Crippen molar-refractivity contribution in [3.05, 3.63) is 24.3 Å². The molecule has 5 nitrogen and oxygen atoms in total. The molecule has 1 amide bonds. The number of benzene rings is 1. The number of carbonyl (C=O) groups is 1. The van der Waals surface area contributed by atoms with E-state index in [0.29, 0.717) is 6.61 Å². The molecule has 0 saturated carbocycles. The summed E-state index contributed by atoms with van der Waals surface area (Å²) in [6, 6.07) is 7.45. The minimum atomic E-state index is -0.284. The summed E-state index contributed by atoms with van der Waals surface area (Å²) in [5.41, 5.74) is 0.832. The molecule has 0 spiro atoms. The standard InChI is InChI=1S/C17H26N2O3/c1-3-21-16-9-7-15(8-10-16)18-17(20)22-14(2)13-19-11-5-4-6-12-19/h7-10,14H,3-6,11-13H2,1-2H3,(H,18,20)/p+1/t14-/m1/s1. The van der Waals surface area contributed by atoms with Crippen LogP contribution in [0.15, 0.2) is 24.3 Å². The van der Waals surface area contributed by atoms with Crippen molar-refractivity contribution in [3.8, 4) is 5.75 Å². The lowest BCUT2D eigenvalue weighted by Crippen LogP contribution is -2.82. The normalized spacial score (nSPS) is 17.0. The quantitative estimate of drug-likeness (QED) is 0.819. The van der Waals surface area contributed by atoms with Crippen LogP contribution in [-0.2, 0) is 4.74 Å². The Balaban J connectivity index is 1.74. The molecule has 0 bridgehead atoms. The molecule has 1 saturated heterocycles. The molecule has 1 fully saturated rings. The number of rotatable bonds is 6. The largest absolute Gasteiger partial charge is 0.518 e. The molecule has 1 aromatic rings. The van der Waals surface area contributed by atoms with Crippen LogP contribution in [0.25, 0.3) is 0 Å². The zero-order valence-electron chi connectivity index (χ0n) is 13.6. The molecule has 0 unspecified atom stereocenters. The molecule has 0 radical (unpaired) electrons. The SMILES string of the molecule is CCOc1ccc([NH2+]C(=O)O[C@H](C)CN2CCCCC2)cc1. The zero-order chi connectivity index (χ0) is 15.8. The van der Waals surface area contributed by atoms with Gasteiger partial charge in [0.2, 0.25) is 0 Å². The summed E-state index contributed by atoms with van der Waals surface area (Å²) in [7, 11) is 0. The van der Waals surface area contributed by atoms with Gasteiger partial charge in [0.1, 0.15) is 17.5 Å². The lowest BCUT2D eigenvalue weighted by Gasteiger charge is -2.28. The highest BCUT2D eigenvalue weighted by Gasteiger charge is 2.18. The van der Waals surface area contributed by atoms with E-state index in [0.717, 1.165) is 31.1 Å². The number of hydrogen-bond donors (Lipinski definition) is 1. The Morgan fingerprint density at radius 2 is 1.91 bits per heavy atom. The van der Waals surface area contributed by atoms with E-state index in [-0.39, 0.29) is 12.2 Å². The third-order valence-corrected chi connectivity index (χ3v) is 3.76. The Kier molecular flexibility index (Phi) is 6.68. The van der Waals surface area contributed by atoms with Crippen molar-refractivity contribution in [3.63, 3.8) is 0 Å². The average Bonchev–Trinajstić information content (AvgIpc) is 2.50. The second-order valence-corrected chi connectivity index (χ2v) is 5.76. The van der Waals surface area contributed by atoms with Gasteiger partial charge >= 0.3 is 6.09 Å². The zero-order valence-corrected chi connectivity index (χ0v) is 13.6. The van der Waals surface area contributed by atoms with Crippen LogP contribution in [0.1, 0.15) is 33.1 Å². The van der Waals surface area contributed by atoms with Gasteiger partial charge in [-0.25, -0.2) is 5.32 Å². The van der Waals surface area contributed by atoms with Gasteiger partial charge in [-0.15, -0.1) is 0 Å². The van der Waals surface area contributed by atoms with Gasteiger partial charge in [-0.1, -0.05) is 6.42 Å². The van der Waals surface area contributed by atoms with Crippen molar-refractivity contribution < 1.29 is 19.6 Å². The number of hydrogen-bond acceptors (Lipinski definition) is 4. The minimum absolute atomic E-state index is 0.0791. The van der Waals surface area contributed by atoms with E-state index in [2.05, 4.69) is 4.90 Å². The van der Waals surface area contributed by atoms with E-state index in [9.17, 15) is 4.79 Å². The second kappa shape index (κ2) is 8.76. The molecule has 1 aromatic carbocycles. The number of likely N-dealkylation sites (tertiary alicyclic amines) is 1. The fourth-order valence-corrected chi connectivity index (χ4v) is 2.74. The third-order valence-electron chi connectivity index (χ3n) is 3.76. The summed E-state index contributed by atoms with van der Waals surface area (Å²) >= 11 is 0. The summed E-state index contributed by atoms with van der Waals surface area (Å²) < 4.78 is 10.8. The molecule has 22 heavy (non-hydrogen) atoms. The number of nitrogens with zero attached hydrogens (tertiary/aromatic N) is 1. The van der Waals surface area contributed by atoms with E-state index < -0.39 is 0 Å². The number of quaternary nitrogens is 1.